The van der Waals surface area contributed by atoms with E-state index in [9.17, 15) is 60.7 Å². The van der Waals surface area contributed by atoms with Crippen molar-refractivity contribution >= 4 is 11.6 Å². The molecular weight excluding hydrogens is 671 g/mol. The molecule has 6 aliphatic rings. The molecule has 4 aliphatic carbocycles. The number of alkyl halides is 1. The van der Waals surface area contributed by atoms with Gasteiger partial charge in [0.1, 0.15) is 55.9 Å². The summed E-state index contributed by atoms with van der Waals surface area (Å²) >= 11 is 0. The van der Waals surface area contributed by atoms with Crippen LogP contribution in [0.2, 0.25) is 0 Å². The van der Waals surface area contributed by atoms with Gasteiger partial charge in [-0.1, -0.05) is 18.6 Å². The number of allylic oxidation sites excluding steroid dienone is 4. The van der Waals surface area contributed by atoms with Crippen molar-refractivity contribution in [2.24, 2.45) is 22.7 Å². The Morgan fingerprint density at radius 3 is 2.30 bits per heavy atom. The SMILES string of the molecule is C[C@]12C=CC(=O)C=C1CC[C@H]1[C@@H]3C[C@@H](O)[C@](O)(C(=O)CO[C@]4(CO)O[C@H](CO)C(O[C@@H]5OC(CO)[C@H](O)[C@@H](O)C5O)[C@H]4O)[C@@]3(C)C[C@H](O)[C@@]12F. The number of carbonyl (C=O) groups is 2. The van der Waals surface area contributed by atoms with Gasteiger partial charge in [-0.2, -0.15) is 0 Å². The Bertz CT molecular complexity index is 1410. The van der Waals surface area contributed by atoms with Crippen molar-refractivity contribution < 1.29 is 84.0 Å². The molecule has 17 atom stereocenters. The second-order valence-corrected chi connectivity index (χ2v) is 15.0. The van der Waals surface area contributed by atoms with E-state index < -0.39 is 140 Å². The van der Waals surface area contributed by atoms with E-state index in [1.165, 1.54) is 25.2 Å². The van der Waals surface area contributed by atoms with E-state index in [1.54, 1.807) is 6.92 Å². The van der Waals surface area contributed by atoms with Crippen molar-refractivity contribution in [3.05, 3.63) is 23.8 Å². The minimum Gasteiger partial charge on any atom is -0.394 e. The number of hydrogen-bond acceptors (Lipinski definition) is 16. The quantitative estimate of drug-likeness (QED) is 0.110. The van der Waals surface area contributed by atoms with Gasteiger partial charge in [-0.25, -0.2) is 4.39 Å². The van der Waals surface area contributed by atoms with Gasteiger partial charge >= 0.3 is 0 Å². The summed E-state index contributed by atoms with van der Waals surface area (Å²) in [6.07, 6.45) is -13.3. The summed E-state index contributed by atoms with van der Waals surface area (Å²) in [5.74, 6) is -5.63. The van der Waals surface area contributed by atoms with E-state index >= 15 is 4.39 Å². The fourth-order valence-corrected chi connectivity index (χ4v) is 9.81. The van der Waals surface area contributed by atoms with Crippen molar-refractivity contribution in [3.8, 4) is 0 Å². The summed E-state index contributed by atoms with van der Waals surface area (Å²) in [7, 11) is 0. The van der Waals surface area contributed by atoms with E-state index in [1.807, 2.05) is 0 Å². The molecule has 2 aliphatic heterocycles. The van der Waals surface area contributed by atoms with Crippen LogP contribution in [0.4, 0.5) is 4.39 Å². The summed E-state index contributed by atoms with van der Waals surface area (Å²) < 4.78 is 39.6. The molecule has 5 fully saturated rings. The predicted octanol–water partition coefficient (Wildman–Crippen LogP) is -3.73. The summed E-state index contributed by atoms with van der Waals surface area (Å²) in [5.41, 5.74) is -7.28. The molecule has 16 nitrogen and oxygen atoms in total. The topological polar surface area (TPSA) is 273 Å². The minimum absolute atomic E-state index is 0.176. The van der Waals surface area contributed by atoms with Crippen molar-refractivity contribution in [3.63, 3.8) is 0 Å². The highest BCUT2D eigenvalue weighted by Gasteiger charge is 2.76. The number of ether oxygens (including phenoxy) is 4. The zero-order valence-corrected chi connectivity index (χ0v) is 27.6. The molecule has 6 rings (SSSR count). The molecular formula is C33H47FO16. The van der Waals surface area contributed by atoms with Gasteiger partial charge in [0, 0.05) is 16.7 Å². The number of aliphatic hydroxyl groups excluding tert-OH is 9. The van der Waals surface area contributed by atoms with Gasteiger partial charge in [0.15, 0.2) is 29.1 Å². The first kappa shape index (κ1) is 37.9. The lowest BCUT2D eigenvalue weighted by Gasteiger charge is -2.62. The zero-order valence-electron chi connectivity index (χ0n) is 27.6. The predicted molar refractivity (Wildman–Crippen MR) is 162 cm³/mol. The third kappa shape index (κ3) is 5.09. The summed E-state index contributed by atoms with van der Waals surface area (Å²) in [6.45, 7) is -0.774. The van der Waals surface area contributed by atoms with Crippen LogP contribution in [0.3, 0.4) is 0 Å². The zero-order chi connectivity index (χ0) is 36.8. The van der Waals surface area contributed by atoms with E-state index in [2.05, 4.69) is 0 Å². The molecule has 10 N–H and O–H groups in total. The summed E-state index contributed by atoms with van der Waals surface area (Å²) in [4.78, 5) is 26.1. The minimum atomic E-state index is -2.60. The Morgan fingerprint density at radius 2 is 1.66 bits per heavy atom. The number of rotatable bonds is 9. The third-order valence-corrected chi connectivity index (χ3v) is 12.8. The monoisotopic (exact) mass is 718 g/mol. The Morgan fingerprint density at radius 1 is 0.980 bits per heavy atom. The van der Waals surface area contributed by atoms with Crippen LogP contribution in [0.25, 0.3) is 0 Å². The largest absolute Gasteiger partial charge is 0.394 e. The molecule has 0 spiro atoms. The molecule has 0 amide bonds. The Labute approximate surface area is 286 Å². The van der Waals surface area contributed by atoms with Crippen LogP contribution in [-0.2, 0) is 28.5 Å². The van der Waals surface area contributed by atoms with Crippen molar-refractivity contribution in [1.82, 2.24) is 0 Å². The smallest absolute Gasteiger partial charge is 0.222 e. The van der Waals surface area contributed by atoms with Crippen LogP contribution in [-0.4, -0.2) is 167 Å². The number of Topliss-reactive ketones (excluding diaryl/α,β-unsaturated/α-hetero) is 1. The number of hydrogen-bond donors (Lipinski definition) is 10. The maximum atomic E-state index is 17.4. The van der Waals surface area contributed by atoms with Gasteiger partial charge in [0.25, 0.3) is 0 Å². The van der Waals surface area contributed by atoms with Crippen LogP contribution < -0.4 is 0 Å². The Kier molecular flexibility index (Phi) is 9.82. The number of halogens is 1. The first-order chi connectivity index (χ1) is 23.4. The Balaban J connectivity index is 1.21. The fraction of sp³-hybridized carbons (Fsp3) is 0.818. The molecule has 282 valence electrons. The third-order valence-electron chi connectivity index (χ3n) is 12.8. The maximum absolute atomic E-state index is 17.4. The maximum Gasteiger partial charge on any atom is 0.222 e. The molecule has 3 saturated carbocycles. The first-order valence-electron chi connectivity index (χ1n) is 16.8. The van der Waals surface area contributed by atoms with E-state index in [4.69, 9.17) is 18.9 Å². The Hall–Kier alpha value is -1.81. The van der Waals surface area contributed by atoms with E-state index in [0.717, 1.165) is 0 Å². The fourth-order valence-electron chi connectivity index (χ4n) is 9.81. The van der Waals surface area contributed by atoms with Gasteiger partial charge in [0.2, 0.25) is 5.79 Å². The lowest BCUT2D eigenvalue weighted by molar-refractivity contribution is -0.319. The highest BCUT2D eigenvalue weighted by molar-refractivity contribution is 6.01. The van der Waals surface area contributed by atoms with Crippen LogP contribution in [0.15, 0.2) is 23.8 Å². The van der Waals surface area contributed by atoms with Crippen LogP contribution >= 0.6 is 0 Å². The molecule has 0 aromatic rings. The molecule has 0 aromatic carbocycles. The van der Waals surface area contributed by atoms with Gasteiger partial charge in [-0.3, -0.25) is 9.59 Å². The van der Waals surface area contributed by atoms with Crippen LogP contribution in [0.5, 0.6) is 0 Å². The van der Waals surface area contributed by atoms with Gasteiger partial charge < -0.3 is 70.0 Å². The molecule has 2 heterocycles. The number of aliphatic hydroxyl groups is 10. The van der Waals surface area contributed by atoms with Crippen molar-refractivity contribution in [2.75, 3.05) is 26.4 Å². The molecule has 0 radical (unpaired) electrons. The summed E-state index contributed by atoms with van der Waals surface area (Å²) in [6, 6.07) is 0. The molecule has 0 bridgehead atoms. The first-order valence-corrected chi connectivity index (χ1v) is 16.8. The normalized spacial score (nSPS) is 53.1. The average Bonchev–Trinajstić information content (AvgIpc) is 3.47. The average molecular weight is 719 g/mol. The van der Waals surface area contributed by atoms with Crippen molar-refractivity contribution in [1.29, 1.82) is 0 Å². The highest BCUT2D eigenvalue weighted by Crippen LogP contribution is 2.69. The highest BCUT2D eigenvalue weighted by atomic mass is 19.1. The lowest BCUT2D eigenvalue weighted by atomic mass is 9.44. The lowest BCUT2D eigenvalue weighted by Crippen LogP contribution is -2.70. The standard InChI is InChI=1S/C33H47FO16/c1-29-6-5-15(38)7-14(29)3-4-16-17-8-20(39)33(46,30(17,2)9-21(40)32(16,29)34)22(41)12-47-31(13-37)27(45)26(19(11-36)50-31)49-28-25(44)24(43)23(42)18(10-35)48-28/h5-7,16-21,23-28,35-37,39-40,42-46H,3-4,8-13H2,1-2H3/t16-,17-,18?,19+,20+,21-,23-,24+,25?,26?,27+,28-,29-,30-,31+,32-,33-/m0/s1. The number of fused-ring (bicyclic) bond motifs is 5. The van der Waals surface area contributed by atoms with E-state index in [-0.39, 0.29) is 18.6 Å². The van der Waals surface area contributed by atoms with Crippen LogP contribution in [0.1, 0.15) is 39.5 Å². The molecule has 17 heteroatoms. The van der Waals surface area contributed by atoms with E-state index in [0.29, 0.717) is 12.0 Å². The van der Waals surface area contributed by atoms with Crippen molar-refractivity contribution in [2.45, 2.75) is 118 Å². The van der Waals surface area contributed by atoms with Gasteiger partial charge in [-0.15, -0.1) is 0 Å². The number of carbonyl (C=O) groups excluding carboxylic acids is 2. The van der Waals surface area contributed by atoms with Crippen LogP contribution in [0, 0.1) is 22.7 Å². The number of ketones is 2. The van der Waals surface area contributed by atoms with Gasteiger partial charge in [0.05, 0.1) is 25.4 Å². The summed E-state index contributed by atoms with van der Waals surface area (Å²) in [5, 5.41) is 107. The van der Waals surface area contributed by atoms with Gasteiger partial charge in [-0.05, 0) is 50.7 Å². The molecule has 3 unspecified atom stereocenters. The molecule has 50 heavy (non-hydrogen) atoms. The second kappa shape index (κ2) is 12.9. The molecule has 0 aromatic heterocycles. The second-order valence-electron chi connectivity index (χ2n) is 15.0. The molecule has 2 saturated heterocycles.